The Bertz CT molecular complexity index is 384. The Morgan fingerprint density at radius 3 is 2.04 bits per heavy atom. The molecule has 0 aromatic rings. The molecule has 0 saturated heterocycles. The van der Waals surface area contributed by atoms with E-state index in [4.69, 9.17) is 8.85 Å². The maximum atomic E-state index is 12.2. The van der Waals surface area contributed by atoms with Crippen molar-refractivity contribution >= 4 is 31.2 Å². The Balaban J connectivity index is 4.68. The minimum Gasteiger partial charge on any atom is -0.395 e. The highest BCUT2D eigenvalue weighted by Crippen LogP contribution is 2.28. The van der Waals surface area contributed by atoms with Crippen LogP contribution in [0.25, 0.3) is 0 Å². The molecule has 154 valence electrons. The summed E-state index contributed by atoms with van der Waals surface area (Å²) in [6.45, 7) is 11.6. The predicted octanol–water partition coefficient (Wildman–Crippen LogP) is 5.88. The average Bonchev–Trinajstić information content (AvgIpc) is 2.59. The number of hydrogen-bond acceptors (Lipinski definition) is 5. The zero-order chi connectivity index (χ0) is 19.8. The van der Waals surface area contributed by atoms with Crippen molar-refractivity contribution in [3.8, 4) is 0 Å². The molecule has 0 fully saturated rings. The summed E-state index contributed by atoms with van der Waals surface area (Å²) in [7, 11) is -2.18. The Kier molecular flexibility index (Phi) is 15.7. The van der Waals surface area contributed by atoms with Crippen LogP contribution in [0.3, 0.4) is 0 Å². The molecular formula is C20H40O4SSi. The average molecular weight is 405 g/mol. The highest BCUT2D eigenvalue weighted by molar-refractivity contribution is 8.15. The van der Waals surface area contributed by atoms with E-state index in [-0.39, 0.29) is 16.1 Å². The van der Waals surface area contributed by atoms with Gasteiger partial charge >= 0.3 is 8.56 Å². The van der Waals surface area contributed by atoms with Crippen LogP contribution in [0.15, 0.2) is 0 Å². The molecule has 0 saturated carbocycles. The van der Waals surface area contributed by atoms with Gasteiger partial charge in [0.05, 0.1) is 0 Å². The maximum Gasteiger partial charge on any atom is 0.334 e. The topological polar surface area (TPSA) is 52.6 Å². The fourth-order valence-corrected chi connectivity index (χ4v) is 6.74. The van der Waals surface area contributed by atoms with E-state index in [1.165, 1.54) is 37.4 Å². The van der Waals surface area contributed by atoms with Crippen molar-refractivity contribution in [3.63, 3.8) is 0 Å². The molecule has 0 heterocycles. The van der Waals surface area contributed by atoms with Crippen LogP contribution in [-0.2, 0) is 18.4 Å². The van der Waals surface area contributed by atoms with E-state index in [0.29, 0.717) is 19.6 Å². The highest BCUT2D eigenvalue weighted by atomic mass is 32.2. The first-order valence-corrected chi connectivity index (χ1v) is 13.8. The number of ketones is 1. The number of rotatable bonds is 17. The van der Waals surface area contributed by atoms with Gasteiger partial charge in [-0.25, -0.2) is 0 Å². The molecule has 0 aromatic carbocycles. The van der Waals surface area contributed by atoms with Crippen LogP contribution < -0.4 is 0 Å². The second kappa shape index (κ2) is 15.8. The molecule has 0 aliphatic rings. The Labute approximate surface area is 166 Å². The lowest BCUT2D eigenvalue weighted by Crippen LogP contribution is -2.39. The van der Waals surface area contributed by atoms with Crippen LogP contribution in [0.1, 0.15) is 85.5 Å². The van der Waals surface area contributed by atoms with Gasteiger partial charge in [-0.15, -0.1) is 0 Å². The molecule has 0 bridgehead atoms. The lowest BCUT2D eigenvalue weighted by Gasteiger charge is -2.27. The standard InChI is InChI=1S/C20H40O4SSi/c1-6-10-11-12-13-15-18(25-20(22)19(21)14-7-2)16-17-26(5,23-8-3)24-9-4/h18H,6-17H2,1-5H3. The van der Waals surface area contributed by atoms with Crippen molar-refractivity contribution in [3.05, 3.63) is 0 Å². The molecule has 0 spiro atoms. The first-order valence-electron chi connectivity index (χ1n) is 10.4. The van der Waals surface area contributed by atoms with Gasteiger partial charge in [0, 0.05) is 24.9 Å². The van der Waals surface area contributed by atoms with Gasteiger partial charge in [0.1, 0.15) is 0 Å². The van der Waals surface area contributed by atoms with Gasteiger partial charge < -0.3 is 8.85 Å². The summed E-state index contributed by atoms with van der Waals surface area (Å²) in [5, 5.41) is -0.0701. The molecule has 0 rings (SSSR count). The quantitative estimate of drug-likeness (QED) is 0.172. The Morgan fingerprint density at radius 1 is 0.885 bits per heavy atom. The molecule has 0 aliphatic heterocycles. The van der Waals surface area contributed by atoms with E-state index < -0.39 is 8.56 Å². The molecular weight excluding hydrogens is 364 g/mol. The van der Waals surface area contributed by atoms with E-state index in [0.717, 1.165) is 31.7 Å². The van der Waals surface area contributed by atoms with Gasteiger partial charge in [0.15, 0.2) is 0 Å². The first-order chi connectivity index (χ1) is 12.4. The fraction of sp³-hybridized carbons (Fsp3) is 0.900. The van der Waals surface area contributed by atoms with E-state index in [2.05, 4.69) is 13.5 Å². The largest absolute Gasteiger partial charge is 0.395 e. The van der Waals surface area contributed by atoms with Crippen LogP contribution >= 0.6 is 11.8 Å². The molecule has 4 nitrogen and oxygen atoms in total. The van der Waals surface area contributed by atoms with Crippen LogP contribution in [0.4, 0.5) is 0 Å². The van der Waals surface area contributed by atoms with Crippen molar-refractivity contribution in [1.82, 2.24) is 0 Å². The maximum absolute atomic E-state index is 12.2. The summed E-state index contributed by atoms with van der Waals surface area (Å²) >= 11 is 1.26. The van der Waals surface area contributed by atoms with Crippen molar-refractivity contribution in [2.24, 2.45) is 0 Å². The monoisotopic (exact) mass is 404 g/mol. The molecule has 0 aromatic heterocycles. The lowest BCUT2D eigenvalue weighted by molar-refractivity contribution is -0.131. The fourth-order valence-electron chi connectivity index (χ4n) is 3.00. The van der Waals surface area contributed by atoms with E-state index in [1.54, 1.807) is 0 Å². The minimum absolute atomic E-state index is 0.192. The van der Waals surface area contributed by atoms with Crippen molar-refractivity contribution in [2.45, 2.75) is 103 Å². The third kappa shape index (κ3) is 12.3. The Hall–Kier alpha value is -0.173. The summed E-state index contributed by atoms with van der Waals surface area (Å²) < 4.78 is 11.8. The second-order valence-electron chi connectivity index (χ2n) is 6.94. The summed E-state index contributed by atoms with van der Waals surface area (Å²) in [6.07, 6.45) is 9.03. The number of carbonyl (C=O) groups is 2. The SMILES string of the molecule is CCCCCCCC(CC[Si](C)(OCC)OCC)SC(=O)C(=O)CCC. The van der Waals surface area contributed by atoms with Crippen LogP contribution in [0.5, 0.6) is 0 Å². The molecule has 1 atom stereocenters. The van der Waals surface area contributed by atoms with Crippen molar-refractivity contribution in [2.75, 3.05) is 13.2 Å². The third-order valence-corrected chi connectivity index (χ3v) is 8.67. The molecule has 6 heteroatoms. The van der Waals surface area contributed by atoms with E-state index in [9.17, 15) is 9.59 Å². The van der Waals surface area contributed by atoms with Gasteiger partial charge in [-0.3, -0.25) is 9.59 Å². The van der Waals surface area contributed by atoms with Gasteiger partial charge in [-0.2, -0.15) is 0 Å². The summed E-state index contributed by atoms with van der Waals surface area (Å²) in [5.41, 5.74) is 0. The predicted molar refractivity (Wildman–Crippen MR) is 114 cm³/mol. The third-order valence-electron chi connectivity index (χ3n) is 4.43. The normalized spacial score (nSPS) is 13.0. The molecule has 0 aliphatic carbocycles. The van der Waals surface area contributed by atoms with Gasteiger partial charge in [-0.05, 0) is 45.7 Å². The highest BCUT2D eigenvalue weighted by Gasteiger charge is 2.32. The second-order valence-corrected chi connectivity index (χ2v) is 11.6. The zero-order valence-electron chi connectivity index (χ0n) is 17.6. The van der Waals surface area contributed by atoms with Crippen molar-refractivity contribution < 1.29 is 18.4 Å². The lowest BCUT2D eigenvalue weighted by atomic mass is 10.1. The first kappa shape index (κ1) is 25.8. The Morgan fingerprint density at radius 2 is 1.50 bits per heavy atom. The number of carbonyl (C=O) groups excluding carboxylic acids is 2. The summed E-state index contributed by atoms with van der Waals surface area (Å²) in [5.74, 6) is -0.233. The smallest absolute Gasteiger partial charge is 0.334 e. The molecule has 1 unspecified atom stereocenters. The van der Waals surface area contributed by atoms with E-state index in [1.807, 2.05) is 20.8 Å². The van der Waals surface area contributed by atoms with Crippen LogP contribution in [-0.4, -0.2) is 37.9 Å². The number of hydrogen-bond donors (Lipinski definition) is 0. The molecule has 26 heavy (non-hydrogen) atoms. The molecule has 0 amide bonds. The van der Waals surface area contributed by atoms with Gasteiger partial charge in [0.25, 0.3) is 5.12 Å². The number of Topliss-reactive ketones (excluding diaryl/α,β-unsaturated/α-hetero) is 1. The summed E-state index contributed by atoms with van der Waals surface area (Å²) in [4.78, 5) is 24.1. The minimum atomic E-state index is -2.18. The van der Waals surface area contributed by atoms with Gasteiger partial charge in [0.2, 0.25) is 5.78 Å². The number of thioether (sulfide) groups is 1. The summed E-state index contributed by atoms with van der Waals surface area (Å²) in [6, 6.07) is 0.872. The van der Waals surface area contributed by atoms with Crippen LogP contribution in [0.2, 0.25) is 12.6 Å². The van der Waals surface area contributed by atoms with Crippen molar-refractivity contribution in [1.29, 1.82) is 0 Å². The van der Waals surface area contributed by atoms with Crippen LogP contribution in [0, 0.1) is 0 Å². The molecule has 0 N–H and O–H groups in total. The van der Waals surface area contributed by atoms with E-state index >= 15 is 0 Å². The zero-order valence-corrected chi connectivity index (χ0v) is 19.4. The molecule has 0 radical (unpaired) electrons. The van der Waals surface area contributed by atoms with Gasteiger partial charge in [-0.1, -0.05) is 57.7 Å². The number of unbranched alkanes of at least 4 members (excludes halogenated alkanes) is 4.